The molecule has 2 aromatic carbocycles. The molecule has 0 aromatic heterocycles. The monoisotopic (exact) mass is 320 g/mol. The Hall–Kier alpha value is -2.95. The molecule has 5 heteroatoms. The zero-order valence-electron chi connectivity index (χ0n) is 13.9. The zero-order chi connectivity index (χ0) is 17.1. The first-order valence-electron chi connectivity index (χ1n) is 7.95. The number of nitrogens with zero attached hydrogens (tertiary/aromatic N) is 3. The quantitative estimate of drug-likeness (QED) is 0.648. The Bertz CT molecular complexity index is 839. The van der Waals surface area contributed by atoms with Crippen LogP contribution in [0.5, 0.6) is 0 Å². The van der Waals surface area contributed by atoms with Crippen LogP contribution in [0.2, 0.25) is 0 Å². The molecule has 0 aliphatic carbocycles. The number of benzene rings is 2. The first-order chi connectivity index (χ1) is 11.7. The van der Waals surface area contributed by atoms with E-state index in [-0.39, 0.29) is 5.91 Å². The standard InChI is InChI=1S/C19H20N4O/c1-3-21-18-15-9-5-4-8-14(15)12-23(13(2)24)17-11-7-6-10-16(17)19(18)22-20/h4-11H,3,12,20H2,1-2H3/b21-18?,22-19-. The molecule has 3 rings (SSSR count). The highest BCUT2D eigenvalue weighted by atomic mass is 16.2. The summed E-state index contributed by atoms with van der Waals surface area (Å²) >= 11 is 0. The summed E-state index contributed by atoms with van der Waals surface area (Å²) in [6.45, 7) is 4.67. The van der Waals surface area contributed by atoms with Crippen LogP contribution in [0.3, 0.4) is 0 Å². The van der Waals surface area contributed by atoms with Gasteiger partial charge in [-0.2, -0.15) is 5.10 Å². The number of amides is 1. The normalized spacial score (nSPS) is 17.2. The van der Waals surface area contributed by atoms with Crippen LogP contribution in [0.4, 0.5) is 5.69 Å². The number of fused-ring (bicyclic) bond motifs is 2. The van der Waals surface area contributed by atoms with Crippen LogP contribution in [0, 0.1) is 0 Å². The molecule has 1 amide bonds. The van der Waals surface area contributed by atoms with Crippen molar-refractivity contribution in [1.82, 2.24) is 0 Å². The van der Waals surface area contributed by atoms with Crippen molar-refractivity contribution < 1.29 is 4.79 Å². The number of hydrogen-bond donors (Lipinski definition) is 1. The molecule has 2 aromatic rings. The molecule has 0 atom stereocenters. The van der Waals surface area contributed by atoms with Crippen molar-refractivity contribution >= 4 is 23.0 Å². The Balaban J connectivity index is 2.34. The highest BCUT2D eigenvalue weighted by Crippen LogP contribution is 2.29. The van der Waals surface area contributed by atoms with E-state index in [1.807, 2.05) is 55.5 Å². The van der Waals surface area contributed by atoms with Gasteiger partial charge in [0.1, 0.15) is 5.71 Å². The van der Waals surface area contributed by atoms with Crippen LogP contribution in [-0.4, -0.2) is 23.9 Å². The average Bonchev–Trinajstić information content (AvgIpc) is 2.59. The van der Waals surface area contributed by atoms with E-state index < -0.39 is 0 Å². The molecule has 0 saturated heterocycles. The molecule has 1 aliphatic heterocycles. The summed E-state index contributed by atoms with van der Waals surface area (Å²) in [4.78, 5) is 18.7. The van der Waals surface area contributed by atoms with Gasteiger partial charge >= 0.3 is 0 Å². The Morgan fingerprint density at radius 1 is 1.08 bits per heavy atom. The van der Waals surface area contributed by atoms with Crippen molar-refractivity contribution in [3.63, 3.8) is 0 Å². The van der Waals surface area contributed by atoms with Gasteiger partial charge in [0.2, 0.25) is 5.91 Å². The molecule has 24 heavy (non-hydrogen) atoms. The average molecular weight is 320 g/mol. The number of para-hydroxylation sites is 1. The van der Waals surface area contributed by atoms with Crippen molar-refractivity contribution in [2.24, 2.45) is 15.9 Å². The molecular weight excluding hydrogens is 300 g/mol. The van der Waals surface area contributed by atoms with Crippen LogP contribution in [0.25, 0.3) is 0 Å². The smallest absolute Gasteiger partial charge is 0.224 e. The van der Waals surface area contributed by atoms with Gasteiger partial charge in [0.25, 0.3) is 0 Å². The lowest BCUT2D eigenvalue weighted by molar-refractivity contribution is -0.116. The summed E-state index contributed by atoms with van der Waals surface area (Å²) in [5.74, 6) is 5.72. The summed E-state index contributed by atoms with van der Waals surface area (Å²) in [5, 5.41) is 4.03. The van der Waals surface area contributed by atoms with Crippen molar-refractivity contribution in [3.8, 4) is 0 Å². The lowest BCUT2D eigenvalue weighted by Gasteiger charge is -2.28. The highest BCUT2D eigenvalue weighted by molar-refractivity contribution is 6.54. The topological polar surface area (TPSA) is 71.0 Å². The summed E-state index contributed by atoms with van der Waals surface area (Å²) in [5.41, 5.74) is 4.97. The van der Waals surface area contributed by atoms with Crippen LogP contribution >= 0.6 is 0 Å². The molecule has 5 nitrogen and oxygen atoms in total. The predicted molar refractivity (Wildman–Crippen MR) is 97.6 cm³/mol. The highest BCUT2D eigenvalue weighted by Gasteiger charge is 2.27. The lowest BCUT2D eigenvalue weighted by Crippen LogP contribution is -2.34. The van der Waals surface area contributed by atoms with Crippen LogP contribution in [0.15, 0.2) is 58.6 Å². The van der Waals surface area contributed by atoms with Gasteiger partial charge in [0.05, 0.1) is 17.9 Å². The van der Waals surface area contributed by atoms with E-state index in [1.54, 1.807) is 11.8 Å². The fourth-order valence-electron chi connectivity index (χ4n) is 3.04. The van der Waals surface area contributed by atoms with Crippen molar-refractivity contribution in [2.45, 2.75) is 20.4 Å². The maximum absolute atomic E-state index is 12.3. The van der Waals surface area contributed by atoms with Crippen LogP contribution in [-0.2, 0) is 11.3 Å². The maximum Gasteiger partial charge on any atom is 0.224 e. The first kappa shape index (κ1) is 15.9. The van der Waals surface area contributed by atoms with E-state index in [1.165, 1.54) is 0 Å². The van der Waals surface area contributed by atoms with Crippen molar-refractivity contribution in [3.05, 3.63) is 65.2 Å². The number of hydrazone groups is 1. The lowest BCUT2D eigenvalue weighted by atomic mass is 9.92. The van der Waals surface area contributed by atoms with Gasteiger partial charge in [-0.25, -0.2) is 0 Å². The second-order valence-electron chi connectivity index (χ2n) is 5.58. The Morgan fingerprint density at radius 2 is 1.75 bits per heavy atom. The minimum atomic E-state index is -0.0236. The van der Waals surface area contributed by atoms with E-state index >= 15 is 0 Å². The third-order valence-corrected chi connectivity index (χ3v) is 4.10. The molecule has 1 aliphatic rings. The summed E-state index contributed by atoms with van der Waals surface area (Å²) in [6.07, 6.45) is 0. The number of carbonyl (C=O) groups is 1. The van der Waals surface area contributed by atoms with Crippen LogP contribution < -0.4 is 10.7 Å². The first-order valence-corrected chi connectivity index (χ1v) is 7.95. The minimum Gasteiger partial charge on any atom is -0.323 e. The summed E-state index contributed by atoms with van der Waals surface area (Å²) < 4.78 is 0. The molecule has 0 bridgehead atoms. The predicted octanol–water partition coefficient (Wildman–Crippen LogP) is 2.73. The maximum atomic E-state index is 12.3. The van der Waals surface area contributed by atoms with Gasteiger partial charge in [-0.3, -0.25) is 9.79 Å². The molecule has 0 fully saturated rings. The zero-order valence-corrected chi connectivity index (χ0v) is 13.9. The Morgan fingerprint density at radius 3 is 2.42 bits per heavy atom. The molecule has 1 heterocycles. The molecule has 0 radical (unpaired) electrons. The molecule has 0 spiro atoms. The van der Waals surface area contributed by atoms with Gasteiger partial charge in [0, 0.05) is 24.6 Å². The Labute approximate surface area is 141 Å². The number of anilines is 1. The van der Waals surface area contributed by atoms with E-state index in [4.69, 9.17) is 5.84 Å². The van der Waals surface area contributed by atoms with E-state index in [0.717, 1.165) is 28.1 Å². The fourth-order valence-corrected chi connectivity index (χ4v) is 3.04. The Kier molecular flexibility index (Phi) is 4.42. The second kappa shape index (κ2) is 6.66. The second-order valence-corrected chi connectivity index (χ2v) is 5.58. The van der Waals surface area contributed by atoms with E-state index in [0.29, 0.717) is 18.8 Å². The molecule has 0 unspecified atom stereocenters. The fraction of sp³-hybridized carbons (Fsp3) is 0.211. The molecular formula is C19H20N4O. The molecule has 2 N–H and O–H groups in total. The van der Waals surface area contributed by atoms with Gasteiger partial charge in [-0.05, 0) is 18.6 Å². The number of carbonyl (C=O) groups excluding carboxylic acids is 1. The van der Waals surface area contributed by atoms with Crippen molar-refractivity contribution in [2.75, 3.05) is 11.4 Å². The van der Waals surface area contributed by atoms with E-state index in [2.05, 4.69) is 10.1 Å². The molecule has 122 valence electrons. The van der Waals surface area contributed by atoms with Crippen LogP contribution in [0.1, 0.15) is 30.5 Å². The molecule has 0 saturated carbocycles. The van der Waals surface area contributed by atoms with E-state index in [9.17, 15) is 4.79 Å². The minimum absolute atomic E-state index is 0.0236. The van der Waals surface area contributed by atoms with Gasteiger partial charge in [0.15, 0.2) is 0 Å². The largest absolute Gasteiger partial charge is 0.323 e. The van der Waals surface area contributed by atoms with Gasteiger partial charge < -0.3 is 10.7 Å². The number of nitrogens with two attached hydrogens (primary N) is 1. The van der Waals surface area contributed by atoms with Gasteiger partial charge in [-0.1, -0.05) is 42.5 Å². The van der Waals surface area contributed by atoms with Crippen molar-refractivity contribution in [1.29, 1.82) is 0 Å². The van der Waals surface area contributed by atoms with Gasteiger partial charge in [-0.15, -0.1) is 0 Å². The number of rotatable bonds is 1. The number of aliphatic imine (C=N–C) groups is 1. The summed E-state index contributed by atoms with van der Waals surface area (Å²) in [7, 11) is 0. The third kappa shape index (κ3) is 2.69. The SMILES string of the molecule is CCN=C1/C(=N\N)c2ccccc2N(C(C)=O)Cc2ccccc21. The summed E-state index contributed by atoms with van der Waals surface area (Å²) in [6, 6.07) is 15.6. The third-order valence-electron chi connectivity index (χ3n) is 4.10. The number of hydrogen-bond acceptors (Lipinski definition) is 4.